The van der Waals surface area contributed by atoms with Crippen LogP contribution < -0.4 is 4.74 Å². The Hall–Kier alpha value is -1.81. The minimum atomic E-state index is 0.265. The van der Waals surface area contributed by atoms with Gasteiger partial charge in [0.2, 0.25) is 5.91 Å². The standard InChI is InChI=1S/C22H34N2O2/c1-4-6-12-22(25)24(5-2)18-20-10-8-14-23(17-20)15-13-19-9-7-11-21(16-19)26-3/h4,7,9,11,16,20H,1,5-6,8,10,12-15,17-18H2,2-3H3/t20-/m1/s1. The zero-order chi connectivity index (χ0) is 18.8. The van der Waals surface area contributed by atoms with E-state index in [0.29, 0.717) is 12.3 Å². The first-order valence-electron chi connectivity index (χ1n) is 9.90. The number of piperidine rings is 1. The van der Waals surface area contributed by atoms with Crippen LogP contribution in [-0.4, -0.2) is 55.5 Å². The van der Waals surface area contributed by atoms with Crippen LogP contribution in [-0.2, 0) is 11.2 Å². The fraction of sp³-hybridized carbons (Fsp3) is 0.591. The van der Waals surface area contributed by atoms with Crippen molar-refractivity contribution >= 4 is 5.91 Å². The molecular formula is C22H34N2O2. The molecule has 0 bridgehead atoms. The molecule has 1 aromatic carbocycles. The number of hydrogen-bond acceptors (Lipinski definition) is 3. The van der Waals surface area contributed by atoms with Gasteiger partial charge in [-0.15, -0.1) is 6.58 Å². The number of carbonyl (C=O) groups is 1. The van der Waals surface area contributed by atoms with E-state index in [4.69, 9.17) is 4.74 Å². The maximum Gasteiger partial charge on any atom is 0.222 e. The first-order chi connectivity index (χ1) is 12.7. The van der Waals surface area contributed by atoms with Gasteiger partial charge in [0, 0.05) is 32.6 Å². The molecule has 2 rings (SSSR count). The predicted octanol–water partition coefficient (Wildman–Crippen LogP) is 3.76. The summed E-state index contributed by atoms with van der Waals surface area (Å²) in [6, 6.07) is 8.34. The predicted molar refractivity (Wildman–Crippen MR) is 108 cm³/mol. The Morgan fingerprint density at radius 1 is 1.46 bits per heavy atom. The van der Waals surface area contributed by atoms with Crippen molar-refractivity contribution in [1.29, 1.82) is 0 Å². The van der Waals surface area contributed by atoms with Gasteiger partial charge in [0.25, 0.3) is 0 Å². The van der Waals surface area contributed by atoms with Crippen molar-refractivity contribution in [2.24, 2.45) is 5.92 Å². The van der Waals surface area contributed by atoms with Gasteiger partial charge in [0.15, 0.2) is 0 Å². The molecule has 1 amide bonds. The molecule has 1 atom stereocenters. The van der Waals surface area contributed by atoms with Crippen LogP contribution in [0.5, 0.6) is 5.75 Å². The highest BCUT2D eigenvalue weighted by molar-refractivity contribution is 5.76. The molecule has 26 heavy (non-hydrogen) atoms. The first kappa shape index (κ1) is 20.5. The Morgan fingerprint density at radius 3 is 3.04 bits per heavy atom. The number of ether oxygens (including phenoxy) is 1. The lowest BCUT2D eigenvalue weighted by atomic mass is 9.96. The molecule has 0 radical (unpaired) electrons. The zero-order valence-electron chi connectivity index (χ0n) is 16.5. The summed E-state index contributed by atoms with van der Waals surface area (Å²) < 4.78 is 5.31. The summed E-state index contributed by atoms with van der Waals surface area (Å²) in [4.78, 5) is 16.9. The monoisotopic (exact) mass is 358 g/mol. The number of carbonyl (C=O) groups excluding carboxylic acids is 1. The van der Waals surface area contributed by atoms with Gasteiger partial charge in [0.1, 0.15) is 5.75 Å². The molecule has 0 spiro atoms. The molecule has 4 heteroatoms. The second-order valence-electron chi connectivity index (χ2n) is 7.17. The van der Waals surface area contributed by atoms with Crippen molar-refractivity contribution in [1.82, 2.24) is 9.80 Å². The van der Waals surface area contributed by atoms with Gasteiger partial charge >= 0.3 is 0 Å². The Bertz CT molecular complexity index is 573. The molecule has 1 fully saturated rings. The lowest BCUT2D eigenvalue weighted by Crippen LogP contribution is -2.43. The third kappa shape index (κ3) is 6.49. The summed E-state index contributed by atoms with van der Waals surface area (Å²) in [5, 5.41) is 0. The summed E-state index contributed by atoms with van der Waals surface area (Å²) in [7, 11) is 1.71. The summed E-state index contributed by atoms with van der Waals surface area (Å²) in [5.74, 6) is 1.78. The van der Waals surface area contributed by atoms with Crippen LogP contribution in [0.25, 0.3) is 0 Å². The molecule has 144 valence electrons. The topological polar surface area (TPSA) is 32.8 Å². The van der Waals surface area contributed by atoms with Crippen molar-refractivity contribution in [3.8, 4) is 5.75 Å². The van der Waals surface area contributed by atoms with E-state index < -0.39 is 0 Å². The number of likely N-dealkylation sites (tertiary alicyclic amines) is 1. The second kappa shape index (κ2) is 11.0. The van der Waals surface area contributed by atoms with E-state index in [1.807, 2.05) is 17.0 Å². The lowest BCUT2D eigenvalue weighted by Gasteiger charge is -2.35. The third-order valence-electron chi connectivity index (χ3n) is 5.23. The van der Waals surface area contributed by atoms with Gasteiger partial charge < -0.3 is 14.5 Å². The number of methoxy groups -OCH3 is 1. The normalized spacial score (nSPS) is 17.7. The van der Waals surface area contributed by atoms with E-state index in [-0.39, 0.29) is 5.91 Å². The van der Waals surface area contributed by atoms with E-state index >= 15 is 0 Å². The van der Waals surface area contributed by atoms with Crippen molar-refractivity contribution in [2.75, 3.05) is 39.8 Å². The van der Waals surface area contributed by atoms with Crippen LogP contribution >= 0.6 is 0 Å². The summed E-state index contributed by atoms with van der Waals surface area (Å²) in [6.45, 7) is 10.8. The van der Waals surface area contributed by atoms with Gasteiger partial charge in [-0.1, -0.05) is 18.2 Å². The average molecular weight is 359 g/mol. The zero-order valence-corrected chi connectivity index (χ0v) is 16.5. The molecule has 1 aliphatic heterocycles. The molecule has 4 nitrogen and oxygen atoms in total. The smallest absolute Gasteiger partial charge is 0.222 e. The number of nitrogens with zero attached hydrogens (tertiary/aromatic N) is 2. The molecule has 0 N–H and O–H groups in total. The molecule has 1 aromatic rings. The SMILES string of the molecule is C=CCCC(=O)N(CC)C[C@@H]1CCCN(CCc2cccc(OC)c2)C1. The third-order valence-corrected chi connectivity index (χ3v) is 5.23. The Labute approximate surface area is 158 Å². The largest absolute Gasteiger partial charge is 0.497 e. The van der Waals surface area contributed by atoms with E-state index in [9.17, 15) is 4.79 Å². The van der Waals surface area contributed by atoms with Gasteiger partial charge in [-0.2, -0.15) is 0 Å². The highest BCUT2D eigenvalue weighted by Gasteiger charge is 2.23. The number of rotatable bonds is 10. The molecule has 1 saturated heterocycles. The maximum atomic E-state index is 12.3. The molecule has 0 saturated carbocycles. The van der Waals surface area contributed by atoms with Crippen molar-refractivity contribution < 1.29 is 9.53 Å². The Balaban J connectivity index is 1.81. The van der Waals surface area contributed by atoms with E-state index in [1.54, 1.807) is 7.11 Å². The van der Waals surface area contributed by atoms with E-state index in [0.717, 1.165) is 51.3 Å². The fourth-order valence-corrected chi connectivity index (χ4v) is 3.72. The van der Waals surface area contributed by atoms with Crippen molar-refractivity contribution in [3.63, 3.8) is 0 Å². The molecule has 0 aromatic heterocycles. The van der Waals surface area contributed by atoms with Gasteiger partial charge in [-0.05, 0) is 62.8 Å². The molecular weight excluding hydrogens is 324 g/mol. The summed E-state index contributed by atoms with van der Waals surface area (Å²) in [5.41, 5.74) is 1.32. The van der Waals surface area contributed by atoms with Gasteiger partial charge in [0.05, 0.1) is 7.11 Å². The minimum absolute atomic E-state index is 0.265. The van der Waals surface area contributed by atoms with Crippen LogP contribution in [0.3, 0.4) is 0 Å². The molecule has 0 aliphatic carbocycles. The highest BCUT2D eigenvalue weighted by atomic mass is 16.5. The minimum Gasteiger partial charge on any atom is -0.497 e. The van der Waals surface area contributed by atoms with Crippen LogP contribution in [0.2, 0.25) is 0 Å². The highest BCUT2D eigenvalue weighted by Crippen LogP contribution is 2.19. The Kier molecular flexibility index (Phi) is 8.69. The van der Waals surface area contributed by atoms with E-state index in [1.165, 1.54) is 18.4 Å². The molecule has 1 heterocycles. The number of hydrogen-bond donors (Lipinski definition) is 0. The average Bonchev–Trinajstić information content (AvgIpc) is 2.69. The number of allylic oxidation sites excluding steroid dienone is 1. The van der Waals surface area contributed by atoms with Gasteiger partial charge in [-0.25, -0.2) is 0 Å². The van der Waals surface area contributed by atoms with Crippen molar-refractivity contribution in [2.45, 2.75) is 39.0 Å². The fourth-order valence-electron chi connectivity index (χ4n) is 3.72. The molecule has 1 aliphatic rings. The maximum absolute atomic E-state index is 12.3. The van der Waals surface area contributed by atoms with Gasteiger partial charge in [-0.3, -0.25) is 4.79 Å². The quantitative estimate of drug-likeness (QED) is 0.597. The summed E-state index contributed by atoms with van der Waals surface area (Å²) in [6.07, 6.45) is 6.67. The number of benzene rings is 1. The van der Waals surface area contributed by atoms with Crippen LogP contribution in [0, 0.1) is 5.92 Å². The lowest BCUT2D eigenvalue weighted by molar-refractivity contribution is -0.131. The van der Waals surface area contributed by atoms with Crippen molar-refractivity contribution in [3.05, 3.63) is 42.5 Å². The number of amides is 1. The molecule has 0 unspecified atom stereocenters. The van der Waals surface area contributed by atoms with Crippen LogP contribution in [0.4, 0.5) is 0 Å². The first-order valence-corrected chi connectivity index (χ1v) is 9.90. The summed E-state index contributed by atoms with van der Waals surface area (Å²) >= 11 is 0. The van der Waals surface area contributed by atoms with E-state index in [2.05, 4.69) is 36.6 Å². The second-order valence-corrected chi connectivity index (χ2v) is 7.17. The van der Waals surface area contributed by atoms with Crippen LogP contribution in [0.15, 0.2) is 36.9 Å². The Morgan fingerprint density at radius 2 is 2.31 bits per heavy atom. The van der Waals surface area contributed by atoms with Crippen LogP contribution in [0.1, 0.15) is 38.2 Å².